The van der Waals surface area contributed by atoms with Gasteiger partial charge in [0.25, 0.3) is 0 Å². The van der Waals surface area contributed by atoms with Crippen LogP contribution >= 0.6 is 31.9 Å². The highest BCUT2D eigenvalue weighted by Crippen LogP contribution is 2.41. The number of carbonyl (C=O) groups is 2. The third kappa shape index (κ3) is 4.21. The molecule has 3 aromatic rings. The molecule has 1 N–H and O–H groups in total. The van der Waals surface area contributed by atoms with Crippen molar-refractivity contribution < 1.29 is 24.2 Å². The zero-order chi connectivity index (χ0) is 21.1. The summed E-state index contributed by atoms with van der Waals surface area (Å²) < 4.78 is 11.5. The Morgan fingerprint density at radius 1 is 0.724 bits per heavy atom. The Bertz CT molecular complexity index is 1070. The molecule has 0 aromatic heterocycles. The number of phenols is 1. The molecule has 0 saturated carbocycles. The number of benzene rings is 3. The molecule has 0 radical (unpaired) electrons. The van der Waals surface area contributed by atoms with Gasteiger partial charge in [-0.3, -0.25) is 0 Å². The van der Waals surface area contributed by atoms with E-state index in [2.05, 4.69) is 31.9 Å². The van der Waals surface area contributed by atoms with Gasteiger partial charge in [-0.2, -0.15) is 0 Å². The fourth-order valence-electron chi connectivity index (χ4n) is 2.99. The van der Waals surface area contributed by atoms with Crippen LogP contribution in [0.15, 0.2) is 63.5 Å². The van der Waals surface area contributed by atoms with Crippen molar-refractivity contribution in [2.45, 2.75) is 0 Å². The Balaban J connectivity index is 2.41. The highest BCUT2D eigenvalue weighted by atomic mass is 79.9. The van der Waals surface area contributed by atoms with Crippen LogP contribution in [0.2, 0.25) is 0 Å². The summed E-state index contributed by atoms with van der Waals surface area (Å²) in [5.41, 5.74) is 1.89. The van der Waals surface area contributed by atoms with E-state index < -0.39 is 11.9 Å². The van der Waals surface area contributed by atoms with Crippen LogP contribution in [-0.2, 0) is 9.47 Å². The Morgan fingerprint density at radius 2 is 1.14 bits per heavy atom. The van der Waals surface area contributed by atoms with Crippen molar-refractivity contribution in [3.63, 3.8) is 0 Å². The number of methoxy groups -OCH3 is 2. The van der Waals surface area contributed by atoms with E-state index in [1.54, 1.807) is 30.3 Å². The minimum atomic E-state index is -0.833. The summed E-state index contributed by atoms with van der Waals surface area (Å²) in [6.07, 6.45) is 0. The van der Waals surface area contributed by atoms with E-state index in [0.29, 0.717) is 22.3 Å². The highest BCUT2D eigenvalue weighted by Gasteiger charge is 2.29. The number of carbonyl (C=O) groups excluding carboxylic acids is 2. The SMILES string of the molecule is COC(=O)c1c(-c2ccc(Br)cc2)cc(-c2ccc(Br)cc2)c(O)c1C(=O)OC. The van der Waals surface area contributed by atoms with Gasteiger partial charge in [0.2, 0.25) is 0 Å². The maximum atomic E-state index is 12.6. The Kier molecular flexibility index (Phi) is 6.39. The molecule has 29 heavy (non-hydrogen) atoms. The Labute approximate surface area is 184 Å². The molecule has 0 aliphatic carbocycles. The first kappa shape index (κ1) is 21.1. The van der Waals surface area contributed by atoms with E-state index in [1.165, 1.54) is 14.2 Å². The Morgan fingerprint density at radius 3 is 1.59 bits per heavy atom. The van der Waals surface area contributed by atoms with Crippen LogP contribution < -0.4 is 0 Å². The molecule has 148 valence electrons. The molecule has 0 aliphatic heterocycles. The number of esters is 2. The second kappa shape index (κ2) is 8.80. The molecule has 0 heterocycles. The first-order valence-corrected chi connectivity index (χ1v) is 10.0. The van der Waals surface area contributed by atoms with Gasteiger partial charge in [-0.1, -0.05) is 56.1 Å². The summed E-state index contributed by atoms with van der Waals surface area (Å²) in [5.74, 6) is -1.93. The van der Waals surface area contributed by atoms with Gasteiger partial charge in [-0.05, 0) is 47.0 Å². The minimum absolute atomic E-state index is 0.0555. The highest BCUT2D eigenvalue weighted by molar-refractivity contribution is 9.10. The predicted octanol–water partition coefficient (Wildman–Crippen LogP) is 5.82. The van der Waals surface area contributed by atoms with Crippen LogP contribution in [0, 0.1) is 0 Å². The average Bonchev–Trinajstić information content (AvgIpc) is 2.73. The van der Waals surface area contributed by atoms with Gasteiger partial charge in [-0.15, -0.1) is 0 Å². The molecule has 0 bridgehead atoms. The standard InChI is InChI=1S/C22H16Br2O5/c1-28-21(26)18-16(12-3-7-14(23)8-4-12)11-17(13-5-9-15(24)10-6-13)20(25)19(18)22(27)29-2/h3-11,25H,1-2H3. The maximum Gasteiger partial charge on any atom is 0.342 e. The number of ether oxygens (including phenoxy) is 2. The molecule has 0 spiro atoms. The largest absolute Gasteiger partial charge is 0.506 e. The van der Waals surface area contributed by atoms with Crippen molar-refractivity contribution in [2.75, 3.05) is 14.2 Å². The van der Waals surface area contributed by atoms with Crippen molar-refractivity contribution in [2.24, 2.45) is 0 Å². The molecule has 7 heteroatoms. The molecule has 0 unspecified atom stereocenters. The third-order valence-electron chi connectivity index (χ3n) is 4.39. The van der Waals surface area contributed by atoms with E-state index in [-0.39, 0.29) is 16.9 Å². The topological polar surface area (TPSA) is 72.8 Å². The van der Waals surface area contributed by atoms with Crippen molar-refractivity contribution in [1.29, 1.82) is 0 Å². The van der Waals surface area contributed by atoms with Gasteiger partial charge >= 0.3 is 11.9 Å². The normalized spacial score (nSPS) is 10.5. The molecule has 0 aliphatic rings. The predicted molar refractivity (Wildman–Crippen MR) is 117 cm³/mol. The monoisotopic (exact) mass is 518 g/mol. The maximum absolute atomic E-state index is 12.6. The molecule has 3 rings (SSSR count). The van der Waals surface area contributed by atoms with Gasteiger partial charge < -0.3 is 14.6 Å². The molecule has 3 aromatic carbocycles. The van der Waals surface area contributed by atoms with E-state index in [0.717, 1.165) is 8.95 Å². The van der Waals surface area contributed by atoms with Gasteiger partial charge in [0.05, 0.1) is 19.8 Å². The van der Waals surface area contributed by atoms with Gasteiger partial charge in [0.1, 0.15) is 11.3 Å². The summed E-state index contributed by atoms with van der Waals surface area (Å²) in [6, 6.07) is 16.1. The first-order valence-electron chi connectivity index (χ1n) is 8.45. The lowest BCUT2D eigenvalue weighted by molar-refractivity contribution is 0.0553. The number of hydrogen-bond acceptors (Lipinski definition) is 5. The van der Waals surface area contributed by atoms with Gasteiger partial charge in [0.15, 0.2) is 0 Å². The zero-order valence-corrected chi connectivity index (χ0v) is 18.7. The molecule has 0 atom stereocenters. The number of halogens is 2. The minimum Gasteiger partial charge on any atom is -0.506 e. The zero-order valence-electron chi connectivity index (χ0n) is 15.5. The average molecular weight is 520 g/mol. The van der Waals surface area contributed by atoms with Crippen LogP contribution in [0.3, 0.4) is 0 Å². The van der Waals surface area contributed by atoms with Crippen LogP contribution in [-0.4, -0.2) is 31.3 Å². The summed E-state index contributed by atoms with van der Waals surface area (Å²) in [4.78, 5) is 25.1. The van der Waals surface area contributed by atoms with Crippen LogP contribution in [0.4, 0.5) is 0 Å². The van der Waals surface area contributed by atoms with Crippen molar-refractivity contribution in [1.82, 2.24) is 0 Å². The van der Waals surface area contributed by atoms with E-state index in [1.807, 2.05) is 24.3 Å². The van der Waals surface area contributed by atoms with Crippen LogP contribution in [0.25, 0.3) is 22.3 Å². The van der Waals surface area contributed by atoms with Crippen molar-refractivity contribution >= 4 is 43.8 Å². The Hall–Kier alpha value is -2.64. The van der Waals surface area contributed by atoms with Crippen LogP contribution in [0.1, 0.15) is 20.7 Å². The summed E-state index contributed by atoms with van der Waals surface area (Å²) in [5, 5.41) is 10.9. The number of rotatable bonds is 4. The van der Waals surface area contributed by atoms with Crippen molar-refractivity contribution in [3.8, 4) is 28.0 Å². The van der Waals surface area contributed by atoms with Gasteiger partial charge in [-0.25, -0.2) is 9.59 Å². The van der Waals surface area contributed by atoms with Crippen molar-refractivity contribution in [3.05, 3.63) is 74.7 Å². The molecular weight excluding hydrogens is 504 g/mol. The molecule has 0 saturated heterocycles. The first-order chi connectivity index (χ1) is 13.9. The summed E-state index contributed by atoms with van der Waals surface area (Å²) >= 11 is 6.77. The van der Waals surface area contributed by atoms with E-state index in [4.69, 9.17) is 9.47 Å². The summed E-state index contributed by atoms with van der Waals surface area (Å²) in [7, 11) is 2.41. The number of hydrogen-bond donors (Lipinski definition) is 1. The lowest BCUT2D eigenvalue weighted by atomic mass is 9.89. The molecule has 0 amide bonds. The lowest BCUT2D eigenvalue weighted by Gasteiger charge is -2.17. The second-order valence-electron chi connectivity index (χ2n) is 6.07. The fourth-order valence-corrected chi connectivity index (χ4v) is 3.52. The number of phenolic OH excluding ortho intramolecular Hbond substituents is 1. The molecule has 5 nitrogen and oxygen atoms in total. The number of aromatic hydroxyl groups is 1. The third-order valence-corrected chi connectivity index (χ3v) is 5.45. The van der Waals surface area contributed by atoms with Crippen LogP contribution in [0.5, 0.6) is 5.75 Å². The van der Waals surface area contributed by atoms with E-state index in [9.17, 15) is 14.7 Å². The quantitative estimate of drug-likeness (QED) is 0.439. The van der Waals surface area contributed by atoms with E-state index >= 15 is 0 Å². The van der Waals surface area contributed by atoms with Gasteiger partial charge in [0, 0.05) is 14.5 Å². The second-order valence-corrected chi connectivity index (χ2v) is 7.90. The fraction of sp³-hybridized carbons (Fsp3) is 0.0909. The lowest BCUT2D eigenvalue weighted by Crippen LogP contribution is -2.14. The molecular formula is C22H16Br2O5. The molecule has 0 fully saturated rings. The smallest absolute Gasteiger partial charge is 0.342 e. The summed E-state index contributed by atoms with van der Waals surface area (Å²) in [6.45, 7) is 0.